The molecule has 0 aliphatic carbocycles. The summed E-state index contributed by atoms with van der Waals surface area (Å²) in [6, 6.07) is 9.53. The molecule has 1 amide bonds. The van der Waals surface area contributed by atoms with E-state index in [1.165, 1.54) is 0 Å². The van der Waals surface area contributed by atoms with Crippen LogP contribution >= 0.6 is 0 Å². The van der Waals surface area contributed by atoms with Crippen LogP contribution in [-0.4, -0.2) is 78.2 Å². The Balaban J connectivity index is 1.52. The maximum atomic E-state index is 13.4. The number of anilines is 1. The maximum Gasteiger partial charge on any atom is 0.254 e. The first-order valence-electron chi connectivity index (χ1n) is 10.4. The molecule has 0 radical (unpaired) electrons. The van der Waals surface area contributed by atoms with Gasteiger partial charge in [-0.25, -0.2) is 4.98 Å². The van der Waals surface area contributed by atoms with Gasteiger partial charge in [0.1, 0.15) is 5.82 Å². The van der Waals surface area contributed by atoms with Gasteiger partial charge in [0.05, 0.1) is 18.3 Å². The highest BCUT2D eigenvalue weighted by Gasteiger charge is 2.25. The molecule has 0 N–H and O–H groups in total. The zero-order chi connectivity index (χ0) is 20.1. The molecular weight excluding hydrogens is 366 g/mol. The van der Waals surface area contributed by atoms with Gasteiger partial charge in [-0.3, -0.25) is 9.78 Å². The predicted molar refractivity (Wildman–Crippen MR) is 112 cm³/mol. The molecule has 0 saturated carbocycles. The summed E-state index contributed by atoms with van der Waals surface area (Å²) in [5.74, 6) is 0.878. The maximum absolute atomic E-state index is 13.4. The van der Waals surface area contributed by atoms with Crippen LogP contribution in [0.1, 0.15) is 28.9 Å². The summed E-state index contributed by atoms with van der Waals surface area (Å²) in [5, 5.41) is 0. The van der Waals surface area contributed by atoms with Gasteiger partial charge in [0.2, 0.25) is 0 Å². The number of piperazine rings is 1. The second kappa shape index (κ2) is 9.33. The van der Waals surface area contributed by atoms with Gasteiger partial charge in [-0.2, -0.15) is 0 Å². The van der Waals surface area contributed by atoms with E-state index in [0.29, 0.717) is 18.7 Å². The van der Waals surface area contributed by atoms with Crippen molar-refractivity contribution in [3.05, 3.63) is 54.0 Å². The first-order chi connectivity index (χ1) is 14.2. The largest absolute Gasteiger partial charge is 0.376 e. The first-order valence-corrected chi connectivity index (χ1v) is 10.4. The molecule has 1 atom stereocenters. The fourth-order valence-corrected chi connectivity index (χ4v) is 3.88. The van der Waals surface area contributed by atoms with Crippen molar-refractivity contribution in [3.8, 4) is 0 Å². The SMILES string of the molecule is CN1CCN(c2cc(C(=O)N(Cc3ccccn3)CC3CCCO3)ccn2)CC1. The minimum absolute atomic E-state index is 0.00364. The molecule has 7 heteroatoms. The summed E-state index contributed by atoms with van der Waals surface area (Å²) in [4.78, 5) is 28.8. The molecule has 154 valence electrons. The molecule has 0 aromatic carbocycles. The van der Waals surface area contributed by atoms with Gasteiger partial charge < -0.3 is 19.4 Å². The number of hydrogen-bond donors (Lipinski definition) is 0. The Morgan fingerprint density at radius 3 is 2.76 bits per heavy atom. The molecule has 4 heterocycles. The number of amides is 1. The van der Waals surface area contributed by atoms with Crippen molar-refractivity contribution < 1.29 is 9.53 Å². The first kappa shape index (κ1) is 19.8. The Morgan fingerprint density at radius 1 is 1.17 bits per heavy atom. The van der Waals surface area contributed by atoms with Crippen molar-refractivity contribution in [1.82, 2.24) is 19.8 Å². The minimum Gasteiger partial charge on any atom is -0.376 e. The van der Waals surface area contributed by atoms with Gasteiger partial charge >= 0.3 is 0 Å². The number of aromatic nitrogens is 2. The number of carbonyl (C=O) groups excluding carboxylic acids is 1. The lowest BCUT2D eigenvalue weighted by Gasteiger charge is -2.33. The molecule has 2 fully saturated rings. The lowest BCUT2D eigenvalue weighted by Crippen LogP contribution is -2.45. The number of carbonyl (C=O) groups is 1. The average Bonchev–Trinajstić information content (AvgIpc) is 3.27. The third-order valence-electron chi connectivity index (χ3n) is 5.63. The predicted octanol–water partition coefficient (Wildman–Crippen LogP) is 2.05. The number of nitrogens with zero attached hydrogens (tertiary/aromatic N) is 5. The summed E-state index contributed by atoms with van der Waals surface area (Å²) in [7, 11) is 2.13. The topological polar surface area (TPSA) is 61.8 Å². The Kier molecular flexibility index (Phi) is 6.36. The molecule has 29 heavy (non-hydrogen) atoms. The third kappa shape index (κ3) is 5.10. The fraction of sp³-hybridized carbons (Fsp3) is 0.500. The van der Waals surface area contributed by atoms with E-state index >= 15 is 0 Å². The Hall–Kier alpha value is -2.51. The van der Waals surface area contributed by atoms with Crippen molar-refractivity contribution in [2.45, 2.75) is 25.5 Å². The van der Waals surface area contributed by atoms with Crippen molar-refractivity contribution in [1.29, 1.82) is 0 Å². The van der Waals surface area contributed by atoms with E-state index < -0.39 is 0 Å². The van der Waals surface area contributed by atoms with E-state index in [2.05, 4.69) is 26.8 Å². The Morgan fingerprint density at radius 2 is 2.03 bits per heavy atom. The highest BCUT2D eigenvalue weighted by molar-refractivity contribution is 5.94. The summed E-state index contributed by atoms with van der Waals surface area (Å²) < 4.78 is 5.80. The van der Waals surface area contributed by atoms with E-state index in [4.69, 9.17) is 4.74 Å². The van der Waals surface area contributed by atoms with E-state index in [-0.39, 0.29) is 12.0 Å². The van der Waals surface area contributed by atoms with Crippen LogP contribution in [0.15, 0.2) is 42.7 Å². The average molecular weight is 396 g/mol. The normalized spacial score (nSPS) is 20.0. The molecule has 2 aliphatic heterocycles. The van der Waals surface area contributed by atoms with Gasteiger partial charge in [0, 0.05) is 57.3 Å². The number of rotatable bonds is 6. The quantitative estimate of drug-likeness (QED) is 0.746. The molecule has 7 nitrogen and oxygen atoms in total. The number of ether oxygens (including phenoxy) is 1. The van der Waals surface area contributed by atoms with Gasteiger partial charge in [-0.15, -0.1) is 0 Å². The lowest BCUT2D eigenvalue weighted by atomic mass is 10.1. The molecule has 0 spiro atoms. The molecule has 2 aliphatic rings. The Labute approximate surface area is 172 Å². The molecular formula is C22H29N5O2. The van der Waals surface area contributed by atoms with E-state index in [0.717, 1.165) is 57.1 Å². The summed E-state index contributed by atoms with van der Waals surface area (Å²) in [6.07, 6.45) is 5.66. The van der Waals surface area contributed by atoms with Crippen LogP contribution in [0.3, 0.4) is 0 Å². The zero-order valence-corrected chi connectivity index (χ0v) is 17.0. The van der Waals surface area contributed by atoms with Gasteiger partial charge in [0.25, 0.3) is 5.91 Å². The van der Waals surface area contributed by atoms with Crippen LogP contribution in [0.4, 0.5) is 5.82 Å². The highest BCUT2D eigenvalue weighted by Crippen LogP contribution is 2.19. The summed E-state index contributed by atoms with van der Waals surface area (Å²) in [5.41, 5.74) is 1.55. The molecule has 2 aromatic heterocycles. The summed E-state index contributed by atoms with van der Waals surface area (Å²) >= 11 is 0. The molecule has 1 unspecified atom stereocenters. The number of pyridine rings is 2. The van der Waals surface area contributed by atoms with Gasteiger partial charge in [-0.1, -0.05) is 6.07 Å². The van der Waals surface area contributed by atoms with Crippen LogP contribution in [0.5, 0.6) is 0 Å². The smallest absolute Gasteiger partial charge is 0.254 e. The van der Waals surface area contributed by atoms with Crippen molar-refractivity contribution in [3.63, 3.8) is 0 Å². The minimum atomic E-state index is 0.00364. The molecule has 2 aromatic rings. The van der Waals surface area contributed by atoms with Crippen LogP contribution in [0.25, 0.3) is 0 Å². The van der Waals surface area contributed by atoms with Crippen molar-refractivity contribution in [2.24, 2.45) is 0 Å². The van der Waals surface area contributed by atoms with Crippen LogP contribution < -0.4 is 4.90 Å². The zero-order valence-electron chi connectivity index (χ0n) is 17.0. The van der Waals surface area contributed by atoms with Crippen molar-refractivity contribution in [2.75, 3.05) is 51.3 Å². The number of likely N-dealkylation sites (N-methyl/N-ethyl adjacent to an activating group) is 1. The van der Waals surface area contributed by atoms with Crippen LogP contribution in [0.2, 0.25) is 0 Å². The van der Waals surface area contributed by atoms with E-state index in [1.54, 1.807) is 12.4 Å². The molecule has 4 rings (SSSR count). The van der Waals surface area contributed by atoms with Crippen LogP contribution in [-0.2, 0) is 11.3 Å². The second-order valence-electron chi connectivity index (χ2n) is 7.83. The fourth-order valence-electron chi connectivity index (χ4n) is 3.88. The monoisotopic (exact) mass is 395 g/mol. The number of hydrogen-bond acceptors (Lipinski definition) is 6. The summed E-state index contributed by atoms with van der Waals surface area (Å²) in [6.45, 7) is 5.70. The third-order valence-corrected chi connectivity index (χ3v) is 5.63. The molecule has 2 saturated heterocycles. The van der Waals surface area contributed by atoms with E-state index in [1.807, 2.05) is 35.2 Å². The van der Waals surface area contributed by atoms with Gasteiger partial charge in [0.15, 0.2) is 0 Å². The van der Waals surface area contributed by atoms with Gasteiger partial charge in [-0.05, 0) is 44.2 Å². The Bertz CT molecular complexity index is 802. The lowest BCUT2D eigenvalue weighted by molar-refractivity contribution is 0.0504. The molecule has 0 bridgehead atoms. The van der Waals surface area contributed by atoms with E-state index in [9.17, 15) is 4.79 Å². The van der Waals surface area contributed by atoms with Crippen LogP contribution in [0, 0.1) is 0 Å². The van der Waals surface area contributed by atoms with Crippen molar-refractivity contribution >= 4 is 11.7 Å². The standard InChI is InChI=1S/C22H29N5O2/c1-25-10-12-26(13-11-25)21-15-18(7-9-24-21)22(28)27(17-20-6-4-14-29-20)16-19-5-2-3-8-23-19/h2-3,5,7-9,15,20H,4,6,10-14,16-17H2,1H3. The second-order valence-corrected chi connectivity index (χ2v) is 7.83. The highest BCUT2D eigenvalue weighted by atomic mass is 16.5.